The summed E-state index contributed by atoms with van der Waals surface area (Å²) < 4.78 is 67.5. The van der Waals surface area contributed by atoms with E-state index in [-0.39, 0.29) is 110 Å². The van der Waals surface area contributed by atoms with Crippen LogP contribution in [0.1, 0.15) is 122 Å². The Morgan fingerprint density at radius 2 is 1.07 bits per heavy atom. The predicted octanol–water partition coefficient (Wildman–Crippen LogP) is 5.41. The second-order valence-corrected chi connectivity index (χ2v) is 26.2. The van der Waals surface area contributed by atoms with Crippen molar-refractivity contribution in [2.24, 2.45) is 11.8 Å². The van der Waals surface area contributed by atoms with Gasteiger partial charge >= 0.3 is 36.3 Å². The van der Waals surface area contributed by atoms with Crippen LogP contribution in [0, 0.1) is 23.5 Å². The summed E-state index contributed by atoms with van der Waals surface area (Å²) in [5, 5.41) is 20.7. The van der Waals surface area contributed by atoms with E-state index in [0.29, 0.717) is 41.5 Å². The maximum atomic E-state index is 14.3. The molecule has 2 aromatic rings. The molecule has 0 spiro atoms. The molecule has 8 amide bonds. The molecule has 0 bridgehead atoms. The van der Waals surface area contributed by atoms with Crippen molar-refractivity contribution in [3.8, 4) is 0 Å². The summed E-state index contributed by atoms with van der Waals surface area (Å²) in [6.45, 7) is 13.0. The number of nitrogens with one attached hydrogen (secondary N) is 4. The first-order chi connectivity index (χ1) is 43.6. The molecule has 10 atom stereocenters. The van der Waals surface area contributed by atoms with Crippen molar-refractivity contribution >= 4 is 59.9 Å². The van der Waals surface area contributed by atoms with Gasteiger partial charge in [0.15, 0.2) is 0 Å². The minimum Gasteiger partial charge on any atom is -0.479 e. The van der Waals surface area contributed by atoms with Crippen LogP contribution >= 0.6 is 0 Å². The molecule has 2 aliphatic carbocycles. The number of carboxylic acid groups (broad SMARTS) is 1. The van der Waals surface area contributed by atoms with Gasteiger partial charge in [0.1, 0.15) is 70.3 Å². The van der Waals surface area contributed by atoms with Gasteiger partial charge in [-0.05, 0) is 110 Å². The second-order valence-electron chi connectivity index (χ2n) is 26.2. The highest BCUT2D eigenvalue weighted by Crippen LogP contribution is 2.47. The number of benzene rings is 2. The summed E-state index contributed by atoms with van der Waals surface area (Å²) in [4.78, 5) is 138. The van der Waals surface area contributed by atoms with Crippen molar-refractivity contribution in [1.29, 1.82) is 0 Å². The van der Waals surface area contributed by atoms with E-state index in [1.807, 2.05) is 6.08 Å². The van der Waals surface area contributed by atoms with Crippen LogP contribution in [0.15, 0.2) is 60.7 Å². The van der Waals surface area contributed by atoms with Crippen LogP contribution in [0.3, 0.4) is 0 Å². The van der Waals surface area contributed by atoms with Gasteiger partial charge in [0, 0.05) is 62.1 Å². The molecular weight excluding hydrogens is 1210 g/mol. The fourth-order valence-corrected chi connectivity index (χ4v) is 12.3. The first kappa shape index (κ1) is 68.0. The monoisotopic (exact) mass is 1290 g/mol. The van der Waals surface area contributed by atoms with Crippen molar-refractivity contribution in [3.63, 3.8) is 0 Å². The number of carbonyl (C=O) groups is 10. The highest BCUT2D eigenvalue weighted by molar-refractivity contribution is 5.98. The van der Waals surface area contributed by atoms with Crippen molar-refractivity contribution in [1.82, 2.24) is 40.9 Å². The van der Waals surface area contributed by atoms with Crippen LogP contribution in [-0.4, -0.2) is 189 Å². The first-order valence-electron chi connectivity index (χ1n) is 31.2. The Hall–Kier alpha value is -8.40. The third-order valence-corrected chi connectivity index (χ3v) is 17.0. The number of hydrogen-bond donors (Lipinski definition) is 5. The zero-order valence-corrected chi connectivity index (χ0v) is 52.8. The quantitative estimate of drug-likeness (QED) is 0.131. The normalized spacial score (nSPS) is 28.8. The van der Waals surface area contributed by atoms with E-state index in [1.165, 1.54) is 31.7 Å². The van der Waals surface area contributed by atoms with E-state index < -0.39 is 136 Å². The van der Waals surface area contributed by atoms with E-state index in [2.05, 4.69) is 21.3 Å². The average molecular weight is 1290 g/mol. The number of fused-ring (bicyclic) bond motifs is 6. The van der Waals surface area contributed by atoms with E-state index in [0.717, 1.165) is 0 Å². The van der Waals surface area contributed by atoms with Crippen molar-refractivity contribution in [2.45, 2.75) is 185 Å². The van der Waals surface area contributed by atoms with Gasteiger partial charge < -0.3 is 69.3 Å². The van der Waals surface area contributed by atoms with Crippen LogP contribution in [0.5, 0.6) is 0 Å². The molecule has 0 aromatic heterocycles. The smallest absolute Gasteiger partial charge is 0.410 e. The first-order valence-corrected chi connectivity index (χ1v) is 31.2. The largest absolute Gasteiger partial charge is 0.479 e. The number of halogens is 2. The number of carboxylic acids is 1. The number of hydrogen-bond acceptors (Lipinski definition) is 17. The average Bonchev–Trinajstić information content (AvgIpc) is 1.59. The summed E-state index contributed by atoms with van der Waals surface area (Å²) in [6.07, 6.45) is 3.55. The molecule has 28 heteroatoms. The predicted molar refractivity (Wildman–Crippen MR) is 319 cm³/mol. The zero-order valence-electron chi connectivity index (χ0n) is 52.8. The zero-order chi connectivity index (χ0) is 66.5. The lowest BCUT2D eigenvalue weighted by molar-refractivity contribution is -0.150. The van der Waals surface area contributed by atoms with E-state index in [9.17, 15) is 61.8 Å². The van der Waals surface area contributed by atoms with Crippen LogP contribution < -0.4 is 21.3 Å². The molecule has 8 aliphatic rings. The summed E-state index contributed by atoms with van der Waals surface area (Å²) in [7, 11) is 0. The van der Waals surface area contributed by atoms with E-state index >= 15 is 0 Å². The molecule has 0 radical (unpaired) electrons. The SMILES string of the molecule is CC(C)(C)OC(=O)N[C@H]1CCCOC/C=C\[C@@H]2C[C@@]2(C(=O)O)NC(=O)[C@@H]2C[C@@H](OC(=O)N3Cc4cccc(F)c4C3)CN2C1=O.CCOC(=O)[C@@]12C[C@H]1/C=C\COCCC[C@H](NC(=O)OC(C)(C)C)C(=O)N1C[C@H](OC(=O)N3Cc4cccc(F)c4C3)C[C@H]1C(=O)N2. The van der Waals surface area contributed by atoms with Gasteiger partial charge in [-0.3, -0.25) is 29.0 Å². The lowest BCUT2D eigenvalue weighted by Crippen LogP contribution is -2.56. The van der Waals surface area contributed by atoms with Crippen molar-refractivity contribution in [3.05, 3.63) is 94.6 Å². The molecule has 500 valence electrons. The number of rotatable bonds is 7. The fraction of sp³-hybridized carbons (Fsp3) is 0.594. The number of carbonyl (C=O) groups excluding carboxylic acids is 9. The van der Waals surface area contributed by atoms with Gasteiger partial charge in [0.25, 0.3) is 0 Å². The Morgan fingerprint density at radius 1 is 0.641 bits per heavy atom. The standard InChI is InChI=1S/C33H43FN4O9.C31H39FN4O9/c1-5-45-29(41)33-16-21(33)10-7-13-44-14-8-12-25(35-30(42)47-32(2,3)4)28(40)38-18-22(15-26(38)27(39)36-33)46-31(43)37-17-20-9-6-11-24(34)23(20)19-37;1-30(2,3)45-28(41)33-23-10-6-12-43-11-5-8-19-14-31(19,27(39)40)34-25(37)24-13-20(16-36(24)26(23)38)44-29(42)35-15-18-7-4-9-22(32)21(18)17-35/h6-7,9-11,21-22,25-26H,5,8,12-19H2,1-4H3,(H,35,42)(H,36,39);4-5,7-9,19-20,23-24H,6,10-17H2,1-3H3,(H,33,41)(H,34,37)(H,39,40)/b10-7-;8-5-/t21-,22-,25+,26+,33-;19-,20-,23+,24+,31-/m11/s1. The lowest BCUT2D eigenvalue weighted by atomic mass is 10.1. The summed E-state index contributed by atoms with van der Waals surface area (Å²) in [6, 6.07) is 4.75. The highest BCUT2D eigenvalue weighted by atomic mass is 19.1. The van der Waals surface area contributed by atoms with Crippen molar-refractivity contribution in [2.75, 3.05) is 46.1 Å². The Bertz CT molecular complexity index is 3240. The van der Waals surface area contributed by atoms with E-state index in [4.69, 9.17) is 33.2 Å². The van der Waals surface area contributed by atoms with Crippen LogP contribution in [0.2, 0.25) is 0 Å². The molecule has 2 aromatic carbocycles. The van der Waals surface area contributed by atoms with E-state index in [1.54, 1.807) is 91.0 Å². The lowest BCUT2D eigenvalue weighted by Gasteiger charge is -2.30. The minimum absolute atomic E-state index is 0.0140. The summed E-state index contributed by atoms with van der Waals surface area (Å²) in [5.74, 6) is -5.94. The van der Waals surface area contributed by atoms with Gasteiger partial charge in [-0.2, -0.15) is 0 Å². The maximum absolute atomic E-state index is 14.3. The number of amides is 8. The number of nitrogens with zero attached hydrogens (tertiary/aromatic N) is 4. The van der Waals surface area contributed by atoms with Gasteiger partial charge in [-0.1, -0.05) is 48.6 Å². The molecule has 2 saturated heterocycles. The molecule has 26 nitrogen and oxygen atoms in total. The molecule has 5 N–H and O–H groups in total. The Labute approximate surface area is 531 Å². The molecule has 4 fully saturated rings. The molecule has 10 rings (SSSR count). The molecule has 92 heavy (non-hydrogen) atoms. The molecule has 2 saturated carbocycles. The van der Waals surface area contributed by atoms with Gasteiger partial charge in [-0.25, -0.2) is 37.5 Å². The number of alkyl carbamates (subject to hydrolysis) is 2. The Kier molecular flexibility index (Phi) is 20.9. The third kappa shape index (κ3) is 16.3. The van der Waals surface area contributed by atoms with Gasteiger partial charge in [-0.15, -0.1) is 0 Å². The number of esters is 1. The van der Waals surface area contributed by atoms with Crippen LogP contribution in [0.4, 0.5) is 28.0 Å². The van der Waals surface area contributed by atoms with Gasteiger partial charge in [0.2, 0.25) is 23.6 Å². The van der Waals surface area contributed by atoms with Gasteiger partial charge in [0.05, 0.1) is 46.0 Å². The summed E-state index contributed by atoms with van der Waals surface area (Å²) >= 11 is 0. The van der Waals surface area contributed by atoms with Crippen molar-refractivity contribution < 1.29 is 95.0 Å². The number of aliphatic carboxylic acids is 1. The Balaban J connectivity index is 0.000000218. The van der Waals surface area contributed by atoms with Crippen LogP contribution in [0.25, 0.3) is 0 Å². The fourth-order valence-electron chi connectivity index (χ4n) is 12.3. The Morgan fingerprint density at radius 3 is 1.48 bits per heavy atom. The number of ether oxygens (including phenoxy) is 7. The maximum Gasteiger partial charge on any atom is 0.410 e. The molecular formula is C64H82F2N8O18. The topological polar surface area (TPSA) is 317 Å². The molecule has 6 heterocycles. The second kappa shape index (κ2) is 28.2. The molecule has 6 aliphatic heterocycles. The third-order valence-electron chi connectivity index (χ3n) is 17.0. The molecule has 0 unspecified atom stereocenters. The minimum atomic E-state index is -1.54. The summed E-state index contributed by atoms with van der Waals surface area (Å²) in [5.41, 5.74) is -2.37. The van der Waals surface area contributed by atoms with Crippen LogP contribution in [-0.2, 0) is 88.1 Å². The highest BCUT2D eigenvalue weighted by Gasteiger charge is 2.63.